The van der Waals surface area contributed by atoms with E-state index >= 15 is 0 Å². The van der Waals surface area contributed by atoms with Crippen molar-refractivity contribution in [2.45, 2.75) is 71.8 Å². The van der Waals surface area contributed by atoms with Crippen LogP contribution in [0.5, 0.6) is 17.2 Å². The predicted octanol–water partition coefficient (Wildman–Crippen LogP) is 5.50. The molecule has 0 saturated heterocycles. The van der Waals surface area contributed by atoms with E-state index < -0.39 is 35.5 Å². The van der Waals surface area contributed by atoms with Gasteiger partial charge in [-0.1, -0.05) is 56.3 Å². The van der Waals surface area contributed by atoms with Gasteiger partial charge in [-0.25, -0.2) is 4.79 Å². The summed E-state index contributed by atoms with van der Waals surface area (Å²) in [5.41, 5.74) is 1.41. The van der Waals surface area contributed by atoms with E-state index in [0.717, 1.165) is 11.1 Å². The highest BCUT2D eigenvalue weighted by atomic mass is 16.6. The number of methoxy groups -OCH3 is 2. The molecular formula is C35H44N2O7. The molecule has 0 fully saturated rings. The predicted molar refractivity (Wildman–Crippen MR) is 169 cm³/mol. The molecule has 0 aliphatic carbocycles. The molecule has 236 valence electrons. The lowest BCUT2D eigenvalue weighted by atomic mass is 10.0. The highest BCUT2D eigenvalue weighted by Crippen LogP contribution is 2.27. The molecule has 0 heterocycles. The molecule has 2 amide bonds. The van der Waals surface area contributed by atoms with Gasteiger partial charge in [0, 0.05) is 12.0 Å². The molecule has 0 spiro atoms. The van der Waals surface area contributed by atoms with Crippen molar-refractivity contribution in [3.8, 4) is 17.2 Å². The molecule has 0 bridgehead atoms. The van der Waals surface area contributed by atoms with E-state index in [1.165, 1.54) is 14.2 Å². The average molecular weight is 605 g/mol. The molecule has 2 N–H and O–H groups in total. The van der Waals surface area contributed by atoms with Gasteiger partial charge in [0.25, 0.3) is 5.91 Å². The van der Waals surface area contributed by atoms with Crippen LogP contribution in [0.25, 0.3) is 0 Å². The molecule has 3 aromatic carbocycles. The van der Waals surface area contributed by atoms with Crippen LogP contribution in [0, 0.1) is 5.92 Å². The van der Waals surface area contributed by atoms with E-state index in [-0.39, 0.29) is 12.3 Å². The van der Waals surface area contributed by atoms with Gasteiger partial charge in [-0.05, 0) is 74.6 Å². The molecule has 0 aliphatic rings. The summed E-state index contributed by atoms with van der Waals surface area (Å²) in [6.45, 7) is 9.66. The summed E-state index contributed by atoms with van der Waals surface area (Å²) in [7, 11) is 2.99. The molecule has 3 rings (SSSR count). The highest BCUT2D eigenvalue weighted by molar-refractivity contribution is 5.98. The van der Waals surface area contributed by atoms with E-state index in [1.54, 1.807) is 39.0 Å². The fourth-order valence-corrected chi connectivity index (χ4v) is 4.46. The minimum absolute atomic E-state index is 0.0832. The minimum atomic E-state index is -0.981. The Morgan fingerprint density at radius 3 is 2.02 bits per heavy atom. The first kappa shape index (κ1) is 34.0. The molecule has 9 heteroatoms. The largest absolute Gasteiger partial charge is 0.493 e. The van der Waals surface area contributed by atoms with E-state index in [4.69, 9.17) is 18.9 Å². The Labute approximate surface area is 260 Å². The quantitative estimate of drug-likeness (QED) is 0.234. The second-order valence-electron chi connectivity index (χ2n) is 11.9. The van der Waals surface area contributed by atoms with Gasteiger partial charge in [0.15, 0.2) is 11.5 Å². The molecular weight excluding hydrogens is 560 g/mol. The number of esters is 1. The summed E-state index contributed by atoms with van der Waals surface area (Å²) < 4.78 is 22.1. The number of hydrogen-bond acceptors (Lipinski definition) is 7. The van der Waals surface area contributed by atoms with Gasteiger partial charge in [0.05, 0.1) is 14.2 Å². The molecule has 0 radical (unpaired) electrons. The molecule has 0 saturated carbocycles. The Hall–Kier alpha value is -4.53. The molecule has 0 aliphatic heterocycles. The SMILES string of the molecule is COc1ccc(C(=O)NC(CC(C)C)C(=O)NC(Cc2ccc(OCc3ccccc3)cc2)C(=O)OC(C)(C)C)cc1OC. The van der Waals surface area contributed by atoms with Crippen LogP contribution >= 0.6 is 0 Å². The van der Waals surface area contributed by atoms with E-state index in [2.05, 4.69) is 10.6 Å². The van der Waals surface area contributed by atoms with Crippen LogP contribution in [-0.4, -0.2) is 49.7 Å². The maximum Gasteiger partial charge on any atom is 0.329 e. The second-order valence-corrected chi connectivity index (χ2v) is 11.9. The fraction of sp³-hybridized carbons (Fsp3) is 0.400. The lowest BCUT2D eigenvalue weighted by molar-refractivity contribution is -0.158. The van der Waals surface area contributed by atoms with Crippen molar-refractivity contribution in [2.24, 2.45) is 5.92 Å². The zero-order valence-electron chi connectivity index (χ0n) is 26.6. The first-order valence-corrected chi connectivity index (χ1v) is 14.7. The third kappa shape index (κ3) is 10.6. The zero-order valence-corrected chi connectivity index (χ0v) is 26.6. The lowest BCUT2D eigenvalue weighted by Crippen LogP contribution is -2.53. The van der Waals surface area contributed by atoms with Gasteiger partial charge in [0.2, 0.25) is 5.91 Å². The Bertz CT molecular complexity index is 1380. The average Bonchev–Trinajstić information content (AvgIpc) is 2.99. The Balaban J connectivity index is 1.76. The highest BCUT2D eigenvalue weighted by Gasteiger charge is 2.31. The number of benzene rings is 3. The van der Waals surface area contributed by atoms with Gasteiger partial charge in [-0.15, -0.1) is 0 Å². The van der Waals surface area contributed by atoms with Crippen LogP contribution in [0.3, 0.4) is 0 Å². The minimum Gasteiger partial charge on any atom is -0.493 e. The molecule has 3 aromatic rings. The van der Waals surface area contributed by atoms with Gasteiger partial charge < -0.3 is 29.6 Å². The standard InChI is InChI=1S/C35H44N2O7/c1-23(2)19-28(36-32(38)26-15-18-30(41-6)31(21-26)42-7)33(39)37-29(34(40)44-35(3,4)5)20-24-13-16-27(17-14-24)43-22-25-11-9-8-10-12-25/h8-18,21,23,28-29H,19-20,22H2,1-7H3,(H,36,38)(H,37,39). The fourth-order valence-electron chi connectivity index (χ4n) is 4.46. The number of amides is 2. The number of rotatable bonds is 14. The van der Waals surface area contributed by atoms with E-state index in [0.29, 0.717) is 35.8 Å². The van der Waals surface area contributed by atoms with Crippen LogP contribution in [-0.2, 0) is 27.4 Å². The summed E-state index contributed by atoms with van der Waals surface area (Å²) in [6.07, 6.45) is 0.553. The maximum atomic E-state index is 13.6. The molecule has 44 heavy (non-hydrogen) atoms. The number of ether oxygens (including phenoxy) is 4. The smallest absolute Gasteiger partial charge is 0.329 e. The molecule has 2 unspecified atom stereocenters. The van der Waals surface area contributed by atoms with Crippen molar-refractivity contribution in [1.82, 2.24) is 10.6 Å². The lowest BCUT2D eigenvalue weighted by Gasteiger charge is -2.27. The first-order valence-electron chi connectivity index (χ1n) is 14.7. The molecule has 9 nitrogen and oxygen atoms in total. The maximum absolute atomic E-state index is 13.6. The summed E-state index contributed by atoms with van der Waals surface area (Å²) in [6, 6.07) is 20.1. The van der Waals surface area contributed by atoms with Crippen molar-refractivity contribution in [2.75, 3.05) is 14.2 Å². The van der Waals surface area contributed by atoms with Crippen molar-refractivity contribution in [3.63, 3.8) is 0 Å². The van der Waals surface area contributed by atoms with Crippen molar-refractivity contribution < 1.29 is 33.3 Å². The number of carbonyl (C=O) groups is 3. The van der Waals surface area contributed by atoms with Crippen LogP contribution in [0.2, 0.25) is 0 Å². The van der Waals surface area contributed by atoms with Crippen LogP contribution in [0.15, 0.2) is 72.8 Å². The van der Waals surface area contributed by atoms with Crippen molar-refractivity contribution in [3.05, 3.63) is 89.5 Å². The summed E-state index contributed by atoms with van der Waals surface area (Å²) in [5, 5.41) is 5.68. The van der Waals surface area contributed by atoms with Crippen molar-refractivity contribution in [1.29, 1.82) is 0 Å². The Morgan fingerprint density at radius 1 is 0.773 bits per heavy atom. The number of nitrogens with one attached hydrogen (secondary N) is 2. The van der Waals surface area contributed by atoms with Crippen molar-refractivity contribution >= 4 is 17.8 Å². The van der Waals surface area contributed by atoms with Gasteiger partial charge >= 0.3 is 5.97 Å². The number of hydrogen-bond donors (Lipinski definition) is 2. The van der Waals surface area contributed by atoms with Gasteiger partial charge in [0.1, 0.15) is 30.0 Å². The van der Waals surface area contributed by atoms with E-state index in [9.17, 15) is 14.4 Å². The molecule has 0 aromatic heterocycles. The van der Waals surface area contributed by atoms with Gasteiger partial charge in [-0.3, -0.25) is 9.59 Å². The topological polar surface area (TPSA) is 112 Å². The molecule has 2 atom stereocenters. The third-order valence-corrected chi connectivity index (χ3v) is 6.59. The third-order valence-electron chi connectivity index (χ3n) is 6.59. The monoisotopic (exact) mass is 604 g/mol. The van der Waals surface area contributed by atoms with Gasteiger partial charge in [-0.2, -0.15) is 0 Å². The van der Waals surface area contributed by atoms with Crippen LogP contribution < -0.4 is 24.8 Å². The Morgan fingerprint density at radius 2 is 1.43 bits per heavy atom. The summed E-state index contributed by atoms with van der Waals surface area (Å²) in [4.78, 5) is 40.1. The van der Waals surface area contributed by atoms with E-state index in [1.807, 2.05) is 68.4 Å². The number of carbonyl (C=O) groups excluding carboxylic acids is 3. The van der Waals surface area contributed by atoms with Crippen LogP contribution in [0.4, 0.5) is 0 Å². The summed E-state index contributed by atoms with van der Waals surface area (Å²) in [5.74, 6) is 0.149. The normalized spacial score (nSPS) is 12.5. The Kier molecular flexibility index (Phi) is 12.2. The summed E-state index contributed by atoms with van der Waals surface area (Å²) >= 11 is 0. The second kappa shape index (κ2) is 15.8. The first-order chi connectivity index (χ1) is 20.9. The zero-order chi connectivity index (χ0) is 32.3. The van der Waals surface area contributed by atoms with Crippen LogP contribution in [0.1, 0.15) is 62.5 Å².